The second-order valence-corrected chi connectivity index (χ2v) is 4.56. The zero-order valence-corrected chi connectivity index (χ0v) is 11.2. The van der Waals surface area contributed by atoms with Gasteiger partial charge in [-0.2, -0.15) is 0 Å². The number of rotatable bonds is 6. The predicted octanol–water partition coefficient (Wildman–Crippen LogP) is 2.21. The Labute approximate surface area is 104 Å². The maximum atomic E-state index is 10.5. The van der Waals surface area contributed by atoms with Gasteiger partial charge >= 0.3 is 0 Å². The van der Waals surface area contributed by atoms with Gasteiger partial charge in [-0.1, -0.05) is 13.0 Å². The molecule has 0 aliphatic carbocycles. The third kappa shape index (κ3) is 3.72. The Balaban J connectivity index is 2.82. The van der Waals surface area contributed by atoms with E-state index in [1.807, 2.05) is 32.0 Å². The molecule has 0 saturated carbocycles. The van der Waals surface area contributed by atoms with Gasteiger partial charge in [-0.3, -0.25) is 0 Å². The first-order chi connectivity index (χ1) is 8.01. The highest BCUT2D eigenvalue weighted by atomic mass is 16.5. The molecule has 1 aromatic carbocycles. The molecule has 0 heterocycles. The van der Waals surface area contributed by atoms with Crippen molar-refractivity contribution < 1.29 is 9.84 Å². The van der Waals surface area contributed by atoms with Gasteiger partial charge in [0, 0.05) is 0 Å². The highest BCUT2D eigenvalue weighted by Gasteiger charge is 2.24. The average Bonchev–Trinajstić information content (AvgIpc) is 2.28. The Hall–Kier alpha value is -1.06. The van der Waals surface area contributed by atoms with Crippen LogP contribution in [0.4, 0.5) is 0 Å². The second-order valence-electron chi connectivity index (χ2n) is 4.56. The number of aliphatic hydroxyl groups is 1. The number of nitrogens with one attached hydrogen (secondary N) is 1. The second kappa shape index (κ2) is 6.03. The lowest BCUT2D eigenvalue weighted by Gasteiger charge is -2.26. The van der Waals surface area contributed by atoms with Crippen LogP contribution in [0.1, 0.15) is 31.4 Å². The minimum absolute atomic E-state index is 0.702. The Morgan fingerprint density at radius 2 is 2.12 bits per heavy atom. The largest absolute Gasteiger partial charge is 0.497 e. The molecular weight excluding hydrogens is 214 g/mol. The highest BCUT2D eigenvalue weighted by molar-refractivity contribution is 5.37. The lowest BCUT2D eigenvalue weighted by molar-refractivity contribution is 0.0475. The molecule has 0 aliphatic rings. The quantitative estimate of drug-likeness (QED) is 0.745. The lowest BCUT2D eigenvalue weighted by atomic mass is 9.89. The van der Waals surface area contributed by atoms with E-state index in [2.05, 4.69) is 12.2 Å². The molecule has 0 saturated heterocycles. The van der Waals surface area contributed by atoms with Crippen molar-refractivity contribution in [1.82, 2.24) is 5.32 Å². The van der Waals surface area contributed by atoms with Crippen molar-refractivity contribution in [2.75, 3.05) is 20.2 Å². The van der Waals surface area contributed by atoms with E-state index in [0.29, 0.717) is 6.42 Å². The Morgan fingerprint density at radius 3 is 2.65 bits per heavy atom. The molecule has 0 bridgehead atoms. The number of methoxy groups -OCH3 is 1. The summed E-state index contributed by atoms with van der Waals surface area (Å²) in [6, 6.07) is 5.79. The summed E-state index contributed by atoms with van der Waals surface area (Å²) in [4.78, 5) is 0. The molecule has 0 fully saturated rings. The minimum atomic E-state index is -0.793. The van der Waals surface area contributed by atoms with E-state index < -0.39 is 5.60 Å². The van der Waals surface area contributed by atoms with Crippen molar-refractivity contribution in [3.05, 3.63) is 29.3 Å². The van der Waals surface area contributed by atoms with E-state index in [1.54, 1.807) is 7.11 Å². The van der Waals surface area contributed by atoms with Gasteiger partial charge in [0.25, 0.3) is 0 Å². The van der Waals surface area contributed by atoms with E-state index in [0.717, 1.165) is 30.0 Å². The molecule has 3 heteroatoms. The zero-order valence-electron chi connectivity index (χ0n) is 11.2. The number of aryl methyl sites for hydroxylation is 1. The van der Waals surface area contributed by atoms with Crippen LogP contribution < -0.4 is 10.1 Å². The predicted molar refractivity (Wildman–Crippen MR) is 70.5 cm³/mol. The fourth-order valence-corrected chi connectivity index (χ4v) is 2.01. The topological polar surface area (TPSA) is 41.5 Å². The molecule has 0 aliphatic heterocycles. The molecule has 0 spiro atoms. The summed E-state index contributed by atoms with van der Waals surface area (Å²) >= 11 is 0. The van der Waals surface area contributed by atoms with Gasteiger partial charge in [0.15, 0.2) is 0 Å². The van der Waals surface area contributed by atoms with Gasteiger partial charge < -0.3 is 15.2 Å². The molecule has 17 heavy (non-hydrogen) atoms. The summed E-state index contributed by atoms with van der Waals surface area (Å²) < 4.78 is 5.17. The number of ether oxygens (including phenoxy) is 1. The van der Waals surface area contributed by atoms with Crippen LogP contribution in [0.25, 0.3) is 0 Å². The summed E-state index contributed by atoms with van der Waals surface area (Å²) in [5.74, 6) is 0.828. The smallest absolute Gasteiger partial charge is 0.119 e. The van der Waals surface area contributed by atoms with E-state index in [4.69, 9.17) is 4.74 Å². The van der Waals surface area contributed by atoms with Crippen molar-refractivity contribution in [1.29, 1.82) is 0 Å². The first-order valence-electron chi connectivity index (χ1n) is 6.09. The molecule has 1 rings (SSSR count). The van der Waals surface area contributed by atoms with Crippen LogP contribution in [-0.2, 0) is 5.60 Å². The summed E-state index contributed by atoms with van der Waals surface area (Å²) in [7, 11) is 1.65. The SMILES string of the molecule is CCNCCC(C)(O)c1ccc(OC)cc1C. The summed E-state index contributed by atoms with van der Waals surface area (Å²) in [5, 5.41) is 13.7. The van der Waals surface area contributed by atoms with E-state index in [-0.39, 0.29) is 0 Å². The molecule has 2 N–H and O–H groups in total. The fourth-order valence-electron chi connectivity index (χ4n) is 2.01. The Bertz CT molecular complexity index is 361. The molecule has 3 nitrogen and oxygen atoms in total. The minimum Gasteiger partial charge on any atom is -0.497 e. The Kier molecular flexibility index (Phi) is 4.97. The first kappa shape index (κ1) is 14.0. The number of hydrogen-bond donors (Lipinski definition) is 2. The fraction of sp³-hybridized carbons (Fsp3) is 0.571. The number of benzene rings is 1. The molecule has 0 aromatic heterocycles. The van der Waals surface area contributed by atoms with Crippen molar-refractivity contribution in [2.24, 2.45) is 0 Å². The molecule has 0 amide bonds. The van der Waals surface area contributed by atoms with Crippen LogP contribution in [0.3, 0.4) is 0 Å². The molecule has 1 atom stereocenters. The van der Waals surface area contributed by atoms with Gasteiger partial charge in [-0.25, -0.2) is 0 Å². The third-order valence-corrected chi connectivity index (χ3v) is 3.05. The van der Waals surface area contributed by atoms with Crippen LogP contribution in [-0.4, -0.2) is 25.3 Å². The van der Waals surface area contributed by atoms with Crippen LogP contribution in [0, 0.1) is 6.92 Å². The van der Waals surface area contributed by atoms with Crippen molar-refractivity contribution in [3.63, 3.8) is 0 Å². The number of hydrogen-bond acceptors (Lipinski definition) is 3. The summed E-state index contributed by atoms with van der Waals surface area (Å²) in [6.07, 6.45) is 0.702. The van der Waals surface area contributed by atoms with Gasteiger partial charge in [-0.05, 0) is 56.6 Å². The van der Waals surface area contributed by atoms with E-state index in [1.165, 1.54) is 0 Å². The van der Waals surface area contributed by atoms with Crippen LogP contribution in [0.5, 0.6) is 5.75 Å². The third-order valence-electron chi connectivity index (χ3n) is 3.05. The zero-order chi connectivity index (χ0) is 12.9. The average molecular weight is 237 g/mol. The van der Waals surface area contributed by atoms with E-state index in [9.17, 15) is 5.11 Å². The molecule has 0 radical (unpaired) electrons. The normalized spacial score (nSPS) is 14.4. The van der Waals surface area contributed by atoms with Crippen molar-refractivity contribution in [3.8, 4) is 5.75 Å². The monoisotopic (exact) mass is 237 g/mol. The standard InChI is InChI=1S/C14H23NO2/c1-5-15-9-8-14(3,16)13-7-6-12(17-4)10-11(13)2/h6-7,10,15-16H,5,8-9H2,1-4H3. The lowest BCUT2D eigenvalue weighted by Crippen LogP contribution is -2.28. The van der Waals surface area contributed by atoms with Crippen LogP contribution in [0.2, 0.25) is 0 Å². The maximum Gasteiger partial charge on any atom is 0.119 e. The van der Waals surface area contributed by atoms with E-state index >= 15 is 0 Å². The maximum absolute atomic E-state index is 10.5. The molecule has 1 aromatic rings. The molecule has 1 unspecified atom stereocenters. The summed E-state index contributed by atoms with van der Waals surface area (Å²) in [5.41, 5.74) is 1.24. The van der Waals surface area contributed by atoms with Crippen molar-refractivity contribution >= 4 is 0 Å². The van der Waals surface area contributed by atoms with Crippen LogP contribution >= 0.6 is 0 Å². The van der Waals surface area contributed by atoms with Gasteiger partial charge in [0.05, 0.1) is 12.7 Å². The van der Waals surface area contributed by atoms with Gasteiger partial charge in [0.1, 0.15) is 5.75 Å². The summed E-state index contributed by atoms with van der Waals surface area (Å²) in [6.45, 7) is 7.67. The molecule has 96 valence electrons. The van der Waals surface area contributed by atoms with Crippen LogP contribution in [0.15, 0.2) is 18.2 Å². The van der Waals surface area contributed by atoms with Gasteiger partial charge in [0.2, 0.25) is 0 Å². The highest BCUT2D eigenvalue weighted by Crippen LogP contribution is 2.29. The van der Waals surface area contributed by atoms with Crippen molar-refractivity contribution in [2.45, 2.75) is 32.8 Å². The molecular formula is C14H23NO2. The Morgan fingerprint density at radius 1 is 1.41 bits per heavy atom. The first-order valence-corrected chi connectivity index (χ1v) is 6.09. The van der Waals surface area contributed by atoms with Gasteiger partial charge in [-0.15, -0.1) is 0 Å².